The van der Waals surface area contributed by atoms with E-state index in [1.165, 1.54) is 17.6 Å². The van der Waals surface area contributed by atoms with Crippen molar-refractivity contribution in [3.05, 3.63) is 64.5 Å². The van der Waals surface area contributed by atoms with E-state index in [9.17, 15) is 9.59 Å². The van der Waals surface area contributed by atoms with E-state index in [1.807, 2.05) is 18.2 Å². The molecule has 170 valence electrons. The second-order valence-electron chi connectivity index (χ2n) is 7.72. The molecule has 5 rings (SSSR count). The molecular formula is C24H23N3O5S. The number of nitrogens with zero attached hydrogens (tertiary/aromatic N) is 3. The number of ether oxygens (including phenoxy) is 2. The molecule has 2 aromatic heterocycles. The first-order valence-electron chi connectivity index (χ1n) is 10.7. The number of morpholine rings is 1. The van der Waals surface area contributed by atoms with E-state index < -0.39 is 5.91 Å². The molecule has 3 heterocycles. The van der Waals surface area contributed by atoms with Gasteiger partial charge in [0.15, 0.2) is 5.13 Å². The fraction of sp³-hybridized carbons (Fsp3) is 0.292. The molecule has 0 unspecified atom stereocenters. The zero-order valence-electron chi connectivity index (χ0n) is 18.2. The van der Waals surface area contributed by atoms with Crippen molar-refractivity contribution in [3.63, 3.8) is 0 Å². The quantitative estimate of drug-likeness (QED) is 0.432. The zero-order valence-corrected chi connectivity index (χ0v) is 19.0. The normalized spacial score (nSPS) is 14.6. The van der Waals surface area contributed by atoms with Crippen molar-refractivity contribution >= 4 is 43.6 Å². The molecule has 1 fully saturated rings. The zero-order chi connectivity index (χ0) is 22.8. The monoisotopic (exact) mass is 465 g/mol. The van der Waals surface area contributed by atoms with E-state index in [2.05, 4.69) is 9.88 Å². The van der Waals surface area contributed by atoms with Gasteiger partial charge >= 0.3 is 0 Å². The molecule has 1 saturated heterocycles. The van der Waals surface area contributed by atoms with Gasteiger partial charge in [-0.1, -0.05) is 23.5 Å². The first-order chi connectivity index (χ1) is 16.1. The average Bonchev–Trinajstić information content (AvgIpc) is 3.28. The number of benzene rings is 2. The number of carbonyl (C=O) groups excluding carboxylic acids is 1. The predicted molar refractivity (Wildman–Crippen MR) is 128 cm³/mol. The Morgan fingerprint density at radius 1 is 1.21 bits per heavy atom. The number of fused-ring (bicyclic) bond motifs is 2. The third kappa shape index (κ3) is 4.35. The molecular weight excluding hydrogens is 442 g/mol. The number of hydrogen-bond acceptors (Lipinski definition) is 8. The summed E-state index contributed by atoms with van der Waals surface area (Å²) in [5.41, 5.74) is 0.866. The summed E-state index contributed by atoms with van der Waals surface area (Å²) in [4.78, 5) is 35.2. The number of anilines is 1. The Morgan fingerprint density at radius 2 is 2.03 bits per heavy atom. The second kappa shape index (κ2) is 9.30. The fourth-order valence-electron chi connectivity index (χ4n) is 3.86. The lowest BCUT2D eigenvalue weighted by Crippen LogP contribution is -2.44. The van der Waals surface area contributed by atoms with Gasteiger partial charge in [-0.15, -0.1) is 0 Å². The summed E-state index contributed by atoms with van der Waals surface area (Å²) >= 11 is 1.39. The van der Waals surface area contributed by atoms with E-state index in [-0.39, 0.29) is 11.0 Å². The largest absolute Gasteiger partial charge is 0.497 e. The molecule has 2 aromatic carbocycles. The number of carbonyl (C=O) groups is 1. The summed E-state index contributed by atoms with van der Waals surface area (Å²) in [5.74, 6) is 0.299. The van der Waals surface area contributed by atoms with Gasteiger partial charge in [0, 0.05) is 26.2 Å². The summed E-state index contributed by atoms with van der Waals surface area (Å²) in [5, 5.41) is 0.912. The van der Waals surface area contributed by atoms with E-state index in [0.717, 1.165) is 29.1 Å². The van der Waals surface area contributed by atoms with E-state index in [0.29, 0.717) is 42.4 Å². The van der Waals surface area contributed by atoms with Gasteiger partial charge in [-0.2, -0.15) is 0 Å². The van der Waals surface area contributed by atoms with Crippen LogP contribution in [0.4, 0.5) is 5.13 Å². The van der Waals surface area contributed by atoms with Crippen molar-refractivity contribution < 1.29 is 18.7 Å². The van der Waals surface area contributed by atoms with Crippen molar-refractivity contribution in [1.29, 1.82) is 0 Å². The van der Waals surface area contributed by atoms with Gasteiger partial charge in [-0.25, -0.2) is 4.98 Å². The number of thiazole rings is 1. The molecule has 1 amide bonds. The van der Waals surface area contributed by atoms with Crippen LogP contribution in [0.5, 0.6) is 5.75 Å². The molecule has 0 bridgehead atoms. The predicted octanol–water partition coefficient (Wildman–Crippen LogP) is 3.39. The number of hydrogen-bond donors (Lipinski definition) is 0. The molecule has 8 nitrogen and oxygen atoms in total. The van der Waals surface area contributed by atoms with Crippen LogP contribution in [0.2, 0.25) is 0 Å². The number of para-hydroxylation sites is 1. The van der Waals surface area contributed by atoms with Crippen LogP contribution in [0.25, 0.3) is 21.2 Å². The van der Waals surface area contributed by atoms with Gasteiger partial charge in [0.2, 0.25) is 5.43 Å². The molecule has 0 spiro atoms. The minimum absolute atomic E-state index is 0.00693. The average molecular weight is 466 g/mol. The van der Waals surface area contributed by atoms with E-state index in [4.69, 9.17) is 13.9 Å². The number of aromatic nitrogens is 1. The Balaban J connectivity index is 1.52. The SMILES string of the molecule is COc1ccc2nc(N(CCN3CCOCC3)C(=O)c3coc4ccccc4c3=O)sc2c1. The topological polar surface area (TPSA) is 85.1 Å². The highest BCUT2D eigenvalue weighted by Gasteiger charge is 2.26. The Labute approximate surface area is 194 Å². The smallest absolute Gasteiger partial charge is 0.267 e. The van der Waals surface area contributed by atoms with Gasteiger partial charge in [-0.05, 0) is 30.3 Å². The molecule has 0 radical (unpaired) electrons. The van der Waals surface area contributed by atoms with Crippen LogP contribution in [0.1, 0.15) is 10.4 Å². The fourth-order valence-corrected chi connectivity index (χ4v) is 4.87. The van der Waals surface area contributed by atoms with Crippen LogP contribution in [0.15, 0.2) is 57.9 Å². The van der Waals surface area contributed by atoms with Crippen LogP contribution in [-0.4, -0.2) is 62.3 Å². The summed E-state index contributed by atoms with van der Waals surface area (Å²) in [6.07, 6.45) is 1.26. The second-order valence-corrected chi connectivity index (χ2v) is 8.72. The summed E-state index contributed by atoms with van der Waals surface area (Å²) < 4.78 is 17.3. The van der Waals surface area contributed by atoms with Crippen molar-refractivity contribution in [2.24, 2.45) is 0 Å². The standard InChI is InChI=1S/C24H23N3O5S/c1-30-16-6-7-19-21(14-16)33-24(25-19)27(9-8-26-10-12-31-13-11-26)23(29)18-15-32-20-5-3-2-4-17(20)22(18)28/h2-7,14-15H,8-13H2,1H3. The first-order valence-corrected chi connectivity index (χ1v) is 11.5. The Bertz CT molecular complexity index is 1360. The maximum absolute atomic E-state index is 13.6. The molecule has 9 heteroatoms. The maximum atomic E-state index is 13.6. The lowest BCUT2D eigenvalue weighted by molar-refractivity contribution is 0.0391. The van der Waals surface area contributed by atoms with Gasteiger partial charge in [-0.3, -0.25) is 19.4 Å². The molecule has 1 aliphatic rings. The lowest BCUT2D eigenvalue weighted by atomic mass is 10.1. The van der Waals surface area contributed by atoms with E-state index in [1.54, 1.807) is 36.3 Å². The van der Waals surface area contributed by atoms with Gasteiger partial charge < -0.3 is 13.9 Å². The van der Waals surface area contributed by atoms with Crippen LogP contribution in [0, 0.1) is 0 Å². The molecule has 33 heavy (non-hydrogen) atoms. The van der Waals surface area contributed by atoms with Gasteiger partial charge in [0.25, 0.3) is 5.91 Å². The van der Waals surface area contributed by atoms with Crippen molar-refractivity contribution in [1.82, 2.24) is 9.88 Å². The Hall–Kier alpha value is -3.27. The van der Waals surface area contributed by atoms with Crippen LogP contribution < -0.4 is 15.1 Å². The minimum atomic E-state index is -0.422. The number of amides is 1. The molecule has 4 aromatic rings. The van der Waals surface area contributed by atoms with Crippen LogP contribution >= 0.6 is 11.3 Å². The van der Waals surface area contributed by atoms with Crippen LogP contribution in [0.3, 0.4) is 0 Å². The molecule has 0 atom stereocenters. The molecule has 0 N–H and O–H groups in total. The Kier molecular flexibility index (Phi) is 6.08. The van der Waals surface area contributed by atoms with E-state index >= 15 is 0 Å². The molecule has 0 aliphatic carbocycles. The lowest BCUT2D eigenvalue weighted by Gasteiger charge is -2.29. The third-order valence-corrected chi connectivity index (χ3v) is 6.76. The van der Waals surface area contributed by atoms with Crippen molar-refractivity contribution in [2.75, 3.05) is 51.4 Å². The summed E-state index contributed by atoms with van der Waals surface area (Å²) in [6.45, 7) is 3.98. The molecule has 0 saturated carbocycles. The van der Waals surface area contributed by atoms with Crippen LogP contribution in [-0.2, 0) is 4.74 Å². The Morgan fingerprint density at radius 3 is 2.85 bits per heavy atom. The highest BCUT2D eigenvalue weighted by molar-refractivity contribution is 7.22. The number of methoxy groups -OCH3 is 1. The highest BCUT2D eigenvalue weighted by atomic mass is 32.1. The van der Waals surface area contributed by atoms with Crippen molar-refractivity contribution in [2.45, 2.75) is 0 Å². The summed E-state index contributed by atoms with van der Waals surface area (Å²) in [6, 6.07) is 12.5. The maximum Gasteiger partial charge on any atom is 0.267 e. The van der Waals surface area contributed by atoms with Gasteiger partial charge in [0.1, 0.15) is 23.2 Å². The minimum Gasteiger partial charge on any atom is -0.497 e. The number of rotatable bonds is 6. The molecule has 1 aliphatic heterocycles. The van der Waals surface area contributed by atoms with Crippen molar-refractivity contribution in [3.8, 4) is 5.75 Å². The third-order valence-electron chi connectivity index (χ3n) is 5.71. The first kappa shape index (κ1) is 21.6. The highest BCUT2D eigenvalue weighted by Crippen LogP contribution is 2.32. The summed E-state index contributed by atoms with van der Waals surface area (Å²) in [7, 11) is 1.61. The van der Waals surface area contributed by atoms with Gasteiger partial charge in [0.05, 0.1) is 35.9 Å².